The second kappa shape index (κ2) is 8.69. The van der Waals surface area contributed by atoms with E-state index in [9.17, 15) is 17.6 Å². The summed E-state index contributed by atoms with van der Waals surface area (Å²) in [6.07, 6.45) is 0. The van der Waals surface area contributed by atoms with E-state index in [2.05, 4.69) is 10.0 Å². The summed E-state index contributed by atoms with van der Waals surface area (Å²) < 4.78 is 40.4. The molecule has 0 unspecified atom stereocenters. The molecule has 3 rings (SSSR count). The van der Waals surface area contributed by atoms with Crippen LogP contribution in [0.1, 0.15) is 10.4 Å². The van der Waals surface area contributed by atoms with Crippen LogP contribution in [0.2, 0.25) is 15.1 Å². The third-order valence-corrected chi connectivity index (χ3v) is 6.27. The Hall–Kier alpha value is -2.52. The molecule has 0 aliphatic heterocycles. The normalized spacial score (nSPS) is 11.2. The molecule has 0 saturated carbocycles. The molecule has 0 aromatic heterocycles. The molecular weight excluding hydrogens is 476 g/mol. The summed E-state index contributed by atoms with van der Waals surface area (Å²) in [5.74, 6) is -1.14. The molecule has 0 spiro atoms. The average Bonchev–Trinajstić information content (AvgIpc) is 2.68. The number of nitrogen functional groups attached to an aromatic ring is 1. The van der Waals surface area contributed by atoms with Crippen molar-refractivity contribution in [1.82, 2.24) is 0 Å². The van der Waals surface area contributed by atoms with Crippen LogP contribution in [-0.2, 0) is 10.0 Å². The van der Waals surface area contributed by atoms with Crippen LogP contribution in [0.25, 0.3) is 0 Å². The van der Waals surface area contributed by atoms with Gasteiger partial charge in [0.05, 0.1) is 31.3 Å². The third kappa shape index (κ3) is 4.96. The summed E-state index contributed by atoms with van der Waals surface area (Å²) in [7, 11) is -4.05. The number of hydrogen-bond donors (Lipinski definition) is 3. The smallest absolute Gasteiger partial charge is 0.261 e. The number of rotatable bonds is 5. The largest absolute Gasteiger partial charge is 0.396 e. The fraction of sp³-hybridized carbons (Fsp3) is 0. The number of sulfonamides is 1. The molecule has 1 amide bonds. The van der Waals surface area contributed by atoms with E-state index in [0.717, 1.165) is 24.3 Å². The molecule has 0 saturated heterocycles. The molecule has 0 radical (unpaired) electrons. The predicted molar refractivity (Wildman–Crippen MR) is 117 cm³/mol. The van der Waals surface area contributed by atoms with Crippen LogP contribution >= 0.6 is 34.8 Å². The molecule has 3 aromatic rings. The Morgan fingerprint density at radius 3 is 2.10 bits per heavy atom. The second-order valence-electron chi connectivity index (χ2n) is 6.06. The van der Waals surface area contributed by atoms with E-state index < -0.39 is 21.7 Å². The molecule has 0 fully saturated rings. The Morgan fingerprint density at radius 2 is 1.50 bits per heavy atom. The van der Waals surface area contributed by atoms with Gasteiger partial charge >= 0.3 is 0 Å². The van der Waals surface area contributed by atoms with Crippen molar-refractivity contribution in [2.75, 3.05) is 15.8 Å². The van der Waals surface area contributed by atoms with Crippen molar-refractivity contribution in [3.8, 4) is 0 Å². The van der Waals surface area contributed by atoms with Gasteiger partial charge < -0.3 is 11.1 Å². The lowest BCUT2D eigenvalue weighted by molar-refractivity contribution is 0.102. The zero-order chi connectivity index (χ0) is 22.1. The summed E-state index contributed by atoms with van der Waals surface area (Å²) in [4.78, 5) is 12.4. The Balaban J connectivity index is 1.86. The number of hydrogen-bond acceptors (Lipinski definition) is 4. The molecule has 30 heavy (non-hydrogen) atoms. The first-order valence-corrected chi connectivity index (χ1v) is 10.8. The van der Waals surface area contributed by atoms with E-state index in [1.807, 2.05) is 0 Å². The van der Waals surface area contributed by atoms with Gasteiger partial charge in [-0.05, 0) is 54.6 Å². The summed E-state index contributed by atoms with van der Waals surface area (Å²) in [6, 6.07) is 11.1. The lowest BCUT2D eigenvalue weighted by Gasteiger charge is -2.12. The van der Waals surface area contributed by atoms with E-state index in [0.29, 0.717) is 5.69 Å². The topological polar surface area (TPSA) is 101 Å². The highest BCUT2D eigenvalue weighted by Crippen LogP contribution is 2.32. The molecule has 0 bridgehead atoms. The fourth-order valence-corrected chi connectivity index (χ4v) is 4.20. The molecule has 156 valence electrons. The number of halogens is 4. The van der Waals surface area contributed by atoms with Gasteiger partial charge in [0.1, 0.15) is 5.82 Å². The van der Waals surface area contributed by atoms with Crippen molar-refractivity contribution >= 4 is 67.8 Å². The number of benzene rings is 3. The molecule has 0 heterocycles. The van der Waals surface area contributed by atoms with Crippen molar-refractivity contribution in [2.45, 2.75) is 4.90 Å². The van der Waals surface area contributed by atoms with Gasteiger partial charge in [-0.25, -0.2) is 12.8 Å². The average molecular weight is 489 g/mol. The third-order valence-electron chi connectivity index (χ3n) is 3.93. The predicted octanol–water partition coefficient (Wildman–Crippen LogP) is 5.42. The minimum Gasteiger partial charge on any atom is -0.396 e. The number of carbonyl (C=O) groups excluding carboxylic acids is 1. The van der Waals surface area contributed by atoms with Crippen LogP contribution in [-0.4, -0.2) is 14.3 Å². The van der Waals surface area contributed by atoms with E-state index in [-0.39, 0.29) is 36.9 Å². The van der Waals surface area contributed by atoms with Crippen molar-refractivity contribution in [3.05, 3.63) is 81.0 Å². The number of nitrogens with one attached hydrogen (secondary N) is 2. The zero-order valence-corrected chi connectivity index (χ0v) is 18.0. The molecular formula is C19H13Cl3FN3O3S. The first-order valence-electron chi connectivity index (χ1n) is 8.20. The van der Waals surface area contributed by atoms with Crippen LogP contribution in [0.5, 0.6) is 0 Å². The SMILES string of the molecule is Nc1c(Cl)cc(NC(=O)c2ccc(Cl)c(NS(=O)(=O)c3ccc(F)cc3)c2)cc1Cl. The quantitative estimate of drug-likeness (QED) is 0.417. The Kier molecular flexibility index (Phi) is 6.42. The summed E-state index contributed by atoms with van der Waals surface area (Å²) in [5.41, 5.74) is 6.23. The maximum atomic E-state index is 13.1. The van der Waals surface area contributed by atoms with Gasteiger partial charge in [-0.2, -0.15) is 0 Å². The molecule has 0 aliphatic carbocycles. The van der Waals surface area contributed by atoms with Gasteiger partial charge in [-0.1, -0.05) is 34.8 Å². The van der Waals surface area contributed by atoms with Crippen molar-refractivity contribution in [1.29, 1.82) is 0 Å². The summed E-state index contributed by atoms with van der Waals surface area (Å²) in [6.45, 7) is 0. The zero-order valence-electron chi connectivity index (χ0n) is 14.9. The lowest BCUT2D eigenvalue weighted by atomic mass is 10.2. The fourth-order valence-electron chi connectivity index (χ4n) is 2.42. The maximum Gasteiger partial charge on any atom is 0.261 e. The molecule has 6 nitrogen and oxygen atoms in total. The van der Waals surface area contributed by atoms with E-state index in [1.54, 1.807) is 0 Å². The maximum absolute atomic E-state index is 13.1. The minimum atomic E-state index is -4.05. The van der Waals surface area contributed by atoms with Gasteiger partial charge in [0.2, 0.25) is 0 Å². The summed E-state index contributed by atoms with van der Waals surface area (Å²) >= 11 is 18.0. The van der Waals surface area contributed by atoms with Crippen LogP contribution in [0, 0.1) is 5.82 Å². The lowest BCUT2D eigenvalue weighted by Crippen LogP contribution is -2.15. The van der Waals surface area contributed by atoms with Crippen LogP contribution in [0.4, 0.5) is 21.5 Å². The molecule has 3 aromatic carbocycles. The van der Waals surface area contributed by atoms with Crippen molar-refractivity contribution < 1.29 is 17.6 Å². The minimum absolute atomic E-state index is 0.0259. The second-order valence-corrected chi connectivity index (χ2v) is 8.97. The standard InChI is InChI=1S/C19H13Cl3FN3O3S/c20-14-6-1-10(19(27)25-12-8-15(21)18(24)16(22)9-12)7-17(14)26-30(28,29)13-4-2-11(23)3-5-13/h1-9,26H,24H2,(H,25,27). The van der Waals surface area contributed by atoms with Gasteiger partial charge in [0, 0.05) is 11.3 Å². The number of amides is 1. The Bertz CT molecular complexity index is 1210. The van der Waals surface area contributed by atoms with Crippen molar-refractivity contribution in [2.24, 2.45) is 0 Å². The van der Waals surface area contributed by atoms with Gasteiger partial charge in [-0.15, -0.1) is 0 Å². The van der Waals surface area contributed by atoms with Crippen LogP contribution in [0.15, 0.2) is 59.5 Å². The van der Waals surface area contributed by atoms with Gasteiger partial charge in [0.25, 0.3) is 15.9 Å². The highest BCUT2D eigenvalue weighted by atomic mass is 35.5. The molecule has 0 atom stereocenters. The van der Waals surface area contributed by atoms with Crippen LogP contribution < -0.4 is 15.8 Å². The monoisotopic (exact) mass is 487 g/mol. The van der Waals surface area contributed by atoms with E-state index in [4.69, 9.17) is 40.5 Å². The first kappa shape index (κ1) is 22.2. The van der Waals surface area contributed by atoms with Gasteiger partial charge in [0.15, 0.2) is 0 Å². The first-order chi connectivity index (χ1) is 14.1. The highest BCUT2D eigenvalue weighted by Gasteiger charge is 2.18. The molecule has 0 aliphatic rings. The van der Waals surface area contributed by atoms with Crippen LogP contribution in [0.3, 0.4) is 0 Å². The molecule has 11 heteroatoms. The number of anilines is 3. The van der Waals surface area contributed by atoms with E-state index >= 15 is 0 Å². The Morgan fingerprint density at radius 1 is 0.900 bits per heavy atom. The number of nitrogens with two attached hydrogens (primary N) is 1. The summed E-state index contributed by atoms with van der Waals surface area (Å²) in [5, 5.41) is 2.99. The highest BCUT2D eigenvalue weighted by molar-refractivity contribution is 7.92. The van der Waals surface area contributed by atoms with Gasteiger partial charge in [-0.3, -0.25) is 9.52 Å². The Labute approximate surface area is 186 Å². The molecule has 4 N–H and O–H groups in total. The number of carbonyl (C=O) groups is 1. The van der Waals surface area contributed by atoms with Crippen molar-refractivity contribution in [3.63, 3.8) is 0 Å². The van der Waals surface area contributed by atoms with E-state index in [1.165, 1.54) is 30.3 Å².